The first-order valence-electron chi connectivity index (χ1n) is 6.36. The van der Waals surface area contributed by atoms with Gasteiger partial charge >= 0.3 is 6.09 Å². The minimum atomic E-state index is -0.461. The fourth-order valence-corrected chi connectivity index (χ4v) is 1.52. The molecule has 0 aromatic heterocycles. The van der Waals surface area contributed by atoms with Crippen molar-refractivity contribution in [2.75, 3.05) is 19.6 Å². The van der Waals surface area contributed by atoms with Gasteiger partial charge in [-0.05, 0) is 27.7 Å². The molecule has 1 heterocycles. The third kappa shape index (κ3) is 5.63. The third-order valence-corrected chi connectivity index (χ3v) is 2.40. The molecule has 0 saturated carbocycles. The Kier molecular flexibility index (Phi) is 4.80. The molecule has 0 aliphatic carbocycles. The number of aliphatic imine (C=N–C) groups is 1. The maximum absolute atomic E-state index is 11.7. The number of likely N-dealkylation sites (tertiary alicyclic amines) is 1. The molecule has 19 heavy (non-hydrogen) atoms. The van der Waals surface area contributed by atoms with Crippen LogP contribution in [-0.2, 0) is 4.74 Å². The Bertz CT molecular complexity index is 379. The average molecular weight is 268 g/mol. The van der Waals surface area contributed by atoms with Crippen LogP contribution in [0.3, 0.4) is 0 Å². The van der Waals surface area contributed by atoms with E-state index < -0.39 is 5.60 Å². The predicted molar refractivity (Wildman–Crippen MR) is 76.0 cm³/mol. The van der Waals surface area contributed by atoms with Crippen LogP contribution < -0.4 is 11.1 Å². The minimum Gasteiger partial charge on any atom is -0.444 e. The van der Waals surface area contributed by atoms with Gasteiger partial charge in [-0.1, -0.05) is 12.2 Å². The van der Waals surface area contributed by atoms with Crippen molar-refractivity contribution in [1.29, 1.82) is 0 Å². The molecule has 0 aromatic carbocycles. The van der Waals surface area contributed by atoms with E-state index in [-0.39, 0.29) is 12.1 Å². The highest BCUT2D eigenvalue weighted by Gasteiger charge is 2.33. The van der Waals surface area contributed by atoms with Gasteiger partial charge in [0.15, 0.2) is 5.96 Å². The highest BCUT2D eigenvalue weighted by Crippen LogP contribution is 2.14. The normalized spacial score (nSPS) is 16.8. The molecule has 1 amide bonds. The lowest BCUT2D eigenvalue weighted by Crippen LogP contribution is -2.62. The van der Waals surface area contributed by atoms with Crippen molar-refractivity contribution in [3.63, 3.8) is 0 Å². The molecule has 3 N–H and O–H groups in total. The van der Waals surface area contributed by atoms with Crippen molar-refractivity contribution in [2.45, 2.75) is 39.3 Å². The SMILES string of the molecule is C=C(C)CN=C(N)NC1CN(C(=O)OC(C)(C)C)C1. The van der Waals surface area contributed by atoms with Crippen LogP contribution in [0.1, 0.15) is 27.7 Å². The number of nitrogens with two attached hydrogens (primary N) is 1. The Morgan fingerprint density at radius 3 is 2.58 bits per heavy atom. The second-order valence-electron chi connectivity index (χ2n) is 5.89. The van der Waals surface area contributed by atoms with Crippen LogP contribution in [-0.4, -0.2) is 48.2 Å². The quantitative estimate of drug-likeness (QED) is 0.456. The molecule has 0 unspecified atom stereocenters. The van der Waals surface area contributed by atoms with E-state index in [1.807, 2.05) is 27.7 Å². The summed E-state index contributed by atoms with van der Waals surface area (Å²) >= 11 is 0. The monoisotopic (exact) mass is 268 g/mol. The topological polar surface area (TPSA) is 80.0 Å². The molecule has 0 spiro atoms. The minimum absolute atomic E-state index is 0.140. The maximum Gasteiger partial charge on any atom is 0.410 e. The van der Waals surface area contributed by atoms with Gasteiger partial charge in [0.25, 0.3) is 0 Å². The highest BCUT2D eigenvalue weighted by molar-refractivity contribution is 5.79. The van der Waals surface area contributed by atoms with E-state index >= 15 is 0 Å². The number of ether oxygens (including phenoxy) is 1. The van der Waals surface area contributed by atoms with Gasteiger partial charge in [0.05, 0.1) is 12.6 Å². The fourth-order valence-electron chi connectivity index (χ4n) is 1.52. The number of rotatable bonds is 3. The van der Waals surface area contributed by atoms with Gasteiger partial charge in [0.1, 0.15) is 5.60 Å². The number of hydrogen-bond acceptors (Lipinski definition) is 3. The highest BCUT2D eigenvalue weighted by atomic mass is 16.6. The number of carbonyl (C=O) groups excluding carboxylic acids is 1. The standard InChI is InChI=1S/C13H24N4O2/c1-9(2)6-15-11(14)16-10-7-17(8-10)12(18)19-13(3,4)5/h10H,1,6-8H2,2-5H3,(H3,14,15,16). The molecule has 1 fully saturated rings. The van der Waals surface area contributed by atoms with E-state index in [4.69, 9.17) is 10.5 Å². The third-order valence-electron chi connectivity index (χ3n) is 2.40. The summed E-state index contributed by atoms with van der Waals surface area (Å²) in [4.78, 5) is 17.4. The lowest BCUT2D eigenvalue weighted by molar-refractivity contribution is 0.00706. The predicted octanol–water partition coefficient (Wildman–Crippen LogP) is 1.09. The molecule has 1 aliphatic heterocycles. The number of guanidine groups is 1. The van der Waals surface area contributed by atoms with E-state index in [1.54, 1.807) is 4.90 Å². The summed E-state index contributed by atoms with van der Waals surface area (Å²) in [7, 11) is 0. The first kappa shape index (κ1) is 15.3. The summed E-state index contributed by atoms with van der Waals surface area (Å²) in [6, 6.07) is 0.140. The molecule has 1 saturated heterocycles. The molecular weight excluding hydrogens is 244 g/mol. The fraction of sp³-hybridized carbons (Fsp3) is 0.692. The molecule has 6 nitrogen and oxygen atoms in total. The molecule has 108 valence electrons. The van der Waals surface area contributed by atoms with Crippen LogP contribution in [0.15, 0.2) is 17.1 Å². The smallest absolute Gasteiger partial charge is 0.410 e. The average Bonchev–Trinajstić information content (AvgIpc) is 2.16. The van der Waals surface area contributed by atoms with Crippen LogP contribution in [0.2, 0.25) is 0 Å². The van der Waals surface area contributed by atoms with E-state index in [0.29, 0.717) is 25.6 Å². The molecule has 6 heteroatoms. The van der Waals surface area contributed by atoms with Gasteiger partial charge in [-0.25, -0.2) is 9.79 Å². The molecule has 0 bridgehead atoms. The number of nitrogens with zero attached hydrogens (tertiary/aromatic N) is 2. The molecule has 1 rings (SSSR count). The van der Waals surface area contributed by atoms with Gasteiger partial charge in [-0.2, -0.15) is 0 Å². The zero-order valence-electron chi connectivity index (χ0n) is 12.2. The summed E-state index contributed by atoms with van der Waals surface area (Å²) < 4.78 is 5.26. The summed E-state index contributed by atoms with van der Waals surface area (Å²) in [5.41, 5.74) is 6.21. The Hall–Kier alpha value is -1.72. The van der Waals surface area contributed by atoms with Crippen molar-refractivity contribution in [3.8, 4) is 0 Å². The van der Waals surface area contributed by atoms with Gasteiger partial charge in [0.2, 0.25) is 0 Å². The van der Waals surface area contributed by atoms with E-state index in [0.717, 1.165) is 5.57 Å². The maximum atomic E-state index is 11.7. The van der Waals surface area contributed by atoms with Gasteiger partial charge < -0.3 is 20.7 Å². The molecular formula is C13H24N4O2. The van der Waals surface area contributed by atoms with E-state index in [1.165, 1.54) is 0 Å². The van der Waals surface area contributed by atoms with Crippen molar-refractivity contribution in [3.05, 3.63) is 12.2 Å². The molecule has 0 atom stereocenters. The van der Waals surface area contributed by atoms with Gasteiger partial charge in [-0.3, -0.25) is 0 Å². The molecule has 1 aliphatic rings. The van der Waals surface area contributed by atoms with Crippen molar-refractivity contribution in [2.24, 2.45) is 10.7 Å². The zero-order chi connectivity index (χ0) is 14.6. The van der Waals surface area contributed by atoms with E-state index in [2.05, 4.69) is 16.9 Å². The number of nitrogens with one attached hydrogen (secondary N) is 1. The summed E-state index contributed by atoms with van der Waals surface area (Å²) in [5.74, 6) is 0.386. The zero-order valence-corrected chi connectivity index (χ0v) is 12.2. The van der Waals surface area contributed by atoms with Crippen molar-refractivity contribution in [1.82, 2.24) is 10.2 Å². The van der Waals surface area contributed by atoms with Crippen molar-refractivity contribution >= 4 is 12.1 Å². The van der Waals surface area contributed by atoms with Crippen LogP contribution in [0.4, 0.5) is 4.79 Å². The first-order chi connectivity index (χ1) is 8.67. The van der Waals surface area contributed by atoms with Crippen LogP contribution in [0.25, 0.3) is 0 Å². The van der Waals surface area contributed by atoms with Crippen LogP contribution in [0.5, 0.6) is 0 Å². The lowest BCUT2D eigenvalue weighted by Gasteiger charge is -2.40. The lowest BCUT2D eigenvalue weighted by atomic mass is 10.1. The van der Waals surface area contributed by atoms with Crippen molar-refractivity contribution < 1.29 is 9.53 Å². The Morgan fingerprint density at radius 2 is 2.11 bits per heavy atom. The Morgan fingerprint density at radius 1 is 1.53 bits per heavy atom. The van der Waals surface area contributed by atoms with Crippen LogP contribution in [0, 0.1) is 0 Å². The second-order valence-corrected chi connectivity index (χ2v) is 5.89. The number of carbonyl (C=O) groups is 1. The second kappa shape index (κ2) is 5.95. The molecule has 0 radical (unpaired) electrons. The summed E-state index contributed by atoms with van der Waals surface area (Å²) in [6.45, 7) is 12.9. The summed E-state index contributed by atoms with van der Waals surface area (Å²) in [5, 5.41) is 3.06. The Labute approximate surface area is 114 Å². The first-order valence-corrected chi connectivity index (χ1v) is 6.36. The van der Waals surface area contributed by atoms with Crippen LogP contribution >= 0.6 is 0 Å². The Balaban J connectivity index is 2.28. The largest absolute Gasteiger partial charge is 0.444 e. The summed E-state index contributed by atoms with van der Waals surface area (Å²) in [6.07, 6.45) is -0.289. The van der Waals surface area contributed by atoms with Gasteiger partial charge in [0, 0.05) is 13.1 Å². The number of amides is 1. The van der Waals surface area contributed by atoms with Gasteiger partial charge in [-0.15, -0.1) is 0 Å². The number of hydrogen-bond donors (Lipinski definition) is 2. The van der Waals surface area contributed by atoms with E-state index in [9.17, 15) is 4.79 Å². The molecule has 0 aromatic rings.